The van der Waals surface area contributed by atoms with Gasteiger partial charge in [0.05, 0.1) is 24.7 Å². The summed E-state index contributed by atoms with van der Waals surface area (Å²) in [7, 11) is -2.41. The summed E-state index contributed by atoms with van der Waals surface area (Å²) < 4.78 is 12.6. The number of fused-ring (bicyclic) bond motifs is 1. The van der Waals surface area contributed by atoms with Crippen molar-refractivity contribution in [2.75, 3.05) is 6.54 Å². The van der Waals surface area contributed by atoms with Crippen molar-refractivity contribution >= 4 is 31.3 Å². The lowest BCUT2D eigenvalue weighted by atomic mass is 10.0. The molecule has 1 amide bonds. The van der Waals surface area contributed by atoms with E-state index < -0.39 is 32.1 Å². The highest BCUT2D eigenvalue weighted by molar-refractivity contribution is 6.74. The topological polar surface area (TPSA) is 142 Å². The summed E-state index contributed by atoms with van der Waals surface area (Å²) in [6.45, 7) is 16.1. The van der Waals surface area contributed by atoms with Crippen LogP contribution in [0.15, 0.2) is 47.4 Å². The molecule has 0 saturated carbocycles. The summed E-state index contributed by atoms with van der Waals surface area (Å²) in [5.41, 5.74) is 0.377. The molecule has 1 atom stereocenters. The minimum atomic E-state index is -2.41. The minimum absolute atomic E-state index is 0.0730. The first-order valence-corrected chi connectivity index (χ1v) is 16.0. The number of hydrogen-bond donors (Lipinski definition) is 3. The zero-order valence-electron chi connectivity index (χ0n) is 24.4. The Morgan fingerprint density at radius 3 is 2.27 bits per heavy atom. The Morgan fingerprint density at radius 2 is 1.73 bits per heavy atom. The Morgan fingerprint density at radius 1 is 1.05 bits per heavy atom. The van der Waals surface area contributed by atoms with E-state index in [4.69, 9.17) is 9.16 Å². The number of carbonyl (C=O) groups is 2. The van der Waals surface area contributed by atoms with Crippen molar-refractivity contribution in [1.82, 2.24) is 14.9 Å². The van der Waals surface area contributed by atoms with Gasteiger partial charge in [0.2, 0.25) is 5.56 Å². The van der Waals surface area contributed by atoms with Crippen molar-refractivity contribution in [3.8, 4) is 5.75 Å². The fraction of sp³-hybridized carbons (Fsp3) is 0.448. The summed E-state index contributed by atoms with van der Waals surface area (Å²) >= 11 is 0. The number of carboxylic acid groups (broad SMARTS) is 1. The van der Waals surface area contributed by atoms with Crippen LogP contribution in [0.1, 0.15) is 69.3 Å². The normalized spacial score (nSPS) is 13.2. The number of phenols is 1. The molecule has 2 heterocycles. The molecule has 2 aromatic heterocycles. The third-order valence-electron chi connectivity index (χ3n) is 6.95. The van der Waals surface area contributed by atoms with Gasteiger partial charge >= 0.3 is 12.1 Å². The molecule has 0 bridgehead atoms. The molecule has 1 unspecified atom stereocenters. The van der Waals surface area contributed by atoms with Gasteiger partial charge in [-0.2, -0.15) is 0 Å². The number of aromatic carboxylic acids is 1. The Balaban J connectivity index is 2.12. The molecule has 0 spiro atoms. The monoisotopic (exact) mass is 569 g/mol. The molecule has 0 aliphatic rings. The van der Waals surface area contributed by atoms with Crippen LogP contribution in [-0.2, 0) is 15.7 Å². The van der Waals surface area contributed by atoms with Crippen LogP contribution >= 0.6 is 0 Å². The maximum Gasteiger partial charge on any atom is 0.410 e. The summed E-state index contributed by atoms with van der Waals surface area (Å²) in [4.78, 5) is 45.0. The summed E-state index contributed by atoms with van der Waals surface area (Å²) in [6.07, 6.45) is 0.203. The van der Waals surface area contributed by atoms with Crippen LogP contribution in [0.25, 0.3) is 10.9 Å². The van der Waals surface area contributed by atoms with E-state index in [0.29, 0.717) is 16.5 Å². The number of hydrogen-bond acceptors (Lipinski definition) is 7. The summed E-state index contributed by atoms with van der Waals surface area (Å²) in [6, 6.07) is 9.26. The first-order valence-electron chi connectivity index (χ1n) is 13.1. The van der Waals surface area contributed by atoms with E-state index >= 15 is 0 Å². The van der Waals surface area contributed by atoms with Crippen molar-refractivity contribution in [3.05, 3.63) is 69.8 Å². The van der Waals surface area contributed by atoms with Crippen LogP contribution in [0.3, 0.4) is 0 Å². The summed E-state index contributed by atoms with van der Waals surface area (Å²) in [5.74, 6) is -1.22. The Bertz CT molecular complexity index is 1440. The number of amides is 1. The van der Waals surface area contributed by atoms with Crippen LogP contribution in [-0.4, -0.2) is 57.6 Å². The molecule has 3 aromatic rings. The number of nitrogens with one attached hydrogen (secondary N) is 1. The zero-order valence-corrected chi connectivity index (χ0v) is 25.4. The average molecular weight is 570 g/mol. The van der Waals surface area contributed by atoms with Gasteiger partial charge in [-0.25, -0.2) is 14.6 Å². The van der Waals surface area contributed by atoms with E-state index in [0.717, 1.165) is 0 Å². The van der Waals surface area contributed by atoms with Crippen molar-refractivity contribution in [3.63, 3.8) is 0 Å². The number of carboxylic acids is 1. The number of phenolic OH excluding ortho intramolecular Hbond substituents is 1. The van der Waals surface area contributed by atoms with Crippen molar-refractivity contribution in [1.29, 1.82) is 0 Å². The second kappa shape index (κ2) is 11.4. The molecular formula is C29H39N3O7Si. The predicted octanol–water partition coefficient (Wildman–Crippen LogP) is 5.83. The first-order chi connectivity index (χ1) is 18.4. The van der Waals surface area contributed by atoms with Gasteiger partial charge in [-0.3, -0.25) is 4.79 Å². The number of ether oxygens (including phenoxy) is 1. The third-order valence-corrected chi connectivity index (χ3v) is 11.4. The zero-order chi connectivity index (χ0) is 30.0. The molecule has 0 fully saturated rings. The van der Waals surface area contributed by atoms with Crippen molar-refractivity contribution in [2.24, 2.45) is 0 Å². The lowest BCUT2D eigenvalue weighted by Gasteiger charge is -2.41. The molecule has 216 valence electrons. The van der Waals surface area contributed by atoms with Gasteiger partial charge in [0.1, 0.15) is 17.0 Å². The number of benzene rings is 1. The molecule has 0 aliphatic carbocycles. The highest BCUT2D eigenvalue weighted by atomic mass is 28.4. The number of rotatable bonds is 8. The van der Waals surface area contributed by atoms with Gasteiger partial charge < -0.3 is 29.3 Å². The molecular weight excluding hydrogens is 530 g/mol. The van der Waals surface area contributed by atoms with Crippen LogP contribution in [0.2, 0.25) is 18.1 Å². The molecule has 40 heavy (non-hydrogen) atoms. The Hall–Kier alpha value is -3.70. The molecule has 1 aromatic carbocycles. The molecule has 11 heteroatoms. The molecule has 0 saturated heterocycles. The number of H-pyrrole nitrogens is 1. The smallest absolute Gasteiger partial charge is 0.410 e. The number of pyridine rings is 2. The van der Waals surface area contributed by atoms with E-state index in [2.05, 4.69) is 43.8 Å². The predicted molar refractivity (Wildman–Crippen MR) is 155 cm³/mol. The van der Waals surface area contributed by atoms with Crippen molar-refractivity contribution < 1.29 is 29.0 Å². The van der Waals surface area contributed by atoms with Gasteiger partial charge in [0.15, 0.2) is 8.32 Å². The number of aromatic amines is 1. The van der Waals surface area contributed by atoms with E-state index in [1.807, 2.05) is 0 Å². The van der Waals surface area contributed by atoms with Crippen LogP contribution in [0, 0.1) is 0 Å². The second-order valence-corrected chi connectivity index (χ2v) is 17.1. The first kappa shape index (κ1) is 30.8. The average Bonchev–Trinajstić information content (AvgIpc) is 2.82. The number of aromatic nitrogens is 2. The van der Waals surface area contributed by atoms with Crippen molar-refractivity contribution in [2.45, 2.75) is 77.9 Å². The minimum Gasteiger partial charge on any atom is -0.506 e. The fourth-order valence-electron chi connectivity index (χ4n) is 3.87. The highest BCUT2D eigenvalue weighted by Gasteiger charge is 2.41. The van der Waals surface area contributed by atoms with E-state index in [1.54, 1.807) is 39.0 Å². The van der Waals surface area contributed by atoms with E-state index in [1.165, 1.54) is 29.3 Å². The van der Waals surface area contributed by atoms with Crippen LogP contribution in [0.5, 0.6) is 5.75 Å². The van der Waals surface area contributed by atoms with E-state index in [9.17, 15) is 24.6 Å². The largest absolute Gasteiger partial charge is 0.506 e. The Kier molecular flexibility index (Phi) is 8.80. The van der Waals surface area contributed by atoms with Crippen LogP contribution < -0.4 is 5.56 Å². The quantitative estimate of drug-likeness (QED) is 0.288. The SMILES string of the molecule is CC(C)(C)OC(=O)N(Cc1ccc(C(=O)O)nc1)CC(O[Si](C)(C)C(C)(C)C)c1ccc(O)c2[nH]c(=O)ccc12. The highest BCUT2D eigenvalue weighted by Crippen LogP contribution is 2.41. The van der Waals surface area contributed by atoms with Gasteiger partial charge in [0.25, 0.3) is 0 Å². The molecule has 0 aliphatic heterocycles. The molecule has 0 radical (unpaired) electrons. The molecule has 10 nitrogen and oxygen atoms in total. The number of aromatic hydroxyl groups is 1. The standard InChI is InChI=1S/C29H39N3O7Si/c1-28(2,3)38-27(37)32(16-18-9-12-21(26(35)36)30-15-18)17-23(39-40(7,8)29(4,5)6)19-10-13-22(33)25-20(19)11-14-24(34)31-25/h9-15,23,33H,16-17H2,1-8H3,(H,31,34)(H,35,36). The van der Waals surface area contributed by atoms with Gasteiger partial charge in [0, 0.05) is 17.6 Å². The van der Waals surface area contributed by atoms with Gasteiger partial charge in [-0.15, -0.1) is 0 Å². The van der Waals surface area contributed by atoms with Gasteiger partial charge in [-0.05, 0) is 68.2 Å². The van der Waals surface area contributed by atoms with E-state index in [-0.39, 0.29) is 40.6 Å². The maximum atomic E-state index is 13.5. The Labute approximate surface area is 235 Å². The molecule has 3 N–H and O–H groups in total. The van der Waals surface area contributed by atoms with Gasteiger partial charge in [-0.1, -0.05) is 32.9 Å². The molecule has 3 rings (SSSR count). The second-order valence-electron chi connectivity index (χ2n) is 12.4. The third kappa shape index (κ3) is 7.48. The fourth-order valence-corrected chi connectivity index (χ4v) is 5.13. The van der Waals surface area contributed by atoms with Crippen LogP contribution in [0.4, 0.5) is 4.79 Å². The number of nitrogens with zero attached hydrogens (tertiary/aromatic N) is 2. The lowest BCUT2D eigenvalue weighted by molar-refractivity contribution is 0.0137. The number of carbonyl (C=O) groups excluding carboxylic acids is 1. The summed E-state index contributed by atoms with van der Waals surface area (Å²) in [5, 5.41) is 20.1. The lowest BCUT2D eigenvalue weighted by Crippen LogP contribution is -2.45. The maximum absolute atomic E-state index is 13.5.